The summed E-state index contributed by atoms with van der Waals surface area (Å²) in [7, 11) is 6.54. The van der Waals surface area contributed by atoms with E-state index in [0.717, 1.165) is 19.3 Å². The van der Waals surface area contributed by atoms with E-state index < -0.39 is 17.0 Å². The summed E-state index contributed by atoms with van der Waals surface area (Å²) >= 11 is 0. The minimum Gasteiger partial charge on any atom is -0.389 e. The number of hydrogen-bond acceptors (Lipinski definition) is 9. The molecule has 4 aliphatic rings. The second kappa shape index (κ2) is 12.2. The molecule has 224 valence electrons. The van der Waals surface area contributed by atoms with Crippen molar-refractivity contribution in [3.05, 3.63) is 0 Å². The van der Waals surface area contributed by atoms with Crippen LogP contribution >= 0.6 is 0 Å². The van der Waals surface area contributed by atoms with E-state index in [-0.39, 0.29) is 67.8 Å². The lowest BCUT2D eigenvalue weighted by molar-refractivity contribution is -0.325. The third-order valence-corrected chi connectivity index (χ3v) is 10.4. The van der Waals surface area contributed by atoms with Crippen LogP contribution in [0.4, 0.5) is 0 Å². The summed E-state index contributed by atoms with van der Waals surface area (Å²) < 4.78 is 47.7. The molecular formula is C30H50O9. The maximum absolute atomic E-state index is 12.4. The Labute approximate surface area is 234 Å². The van der Waals surface area contributed by atoms with Crippen molar-refractivity contribution in [1.29, 1.82) is 0 Å². The normalized spacial score (nSPS) is 43.8. The van der Waals surface area contributed by atoms with Crippen LogP contribution in [0, 0.1) is 41.4 Å². The quantitative estimate of drug-likeness (QED) is 0.286. The molecule has 0 saturated heterocycles. The average Bonchev–Trinajstić information content (AvgIpc) is 3.20. The zero-order chi connectivity index (χ0) is 28.5. The molecule has 4 saturated carbocycles. The van der Waals surface area contributed by atoms with Crippen LogP contribution in [0.25, 0.3) is 0 Å². The Hall–Kier alpha value is -0.800. The molecule has 4 fully saturated rings. The van der Waals surface area contributed by atoms with E-state index >= 15 is 0 Å². The molecule has 0 aromatic heterocycles. The van der Waals surface area contributed by atoms with Gasteiger partial charge in [0.2, 0.25) is 0 Å². The van der Waals surface area contributed by atoms with Crippen LogP contribution in [0.15, 0.2) is 0 Å². The van der Waals surface area contributed by atoms with E-state index in [4.69, 9.17) is 44.3 Å². The molecule has 0 aromatic carbocycles. The van der Waals surface area contributed by atoms with Crippen LogP contribution in [0.5, 0.6) is 0 Å². The summed E-state index contributed by atoms with van der Waals surface area (Å²) in [5, 5.41) is 12.4. The zero-order valence-electron chi connectivity index (χ0n) is 24.9. The molecule has 9 heteroatoms. The fraction of sp³-hybridized carbons (Fsp3) is 0.933. The molecule has 0 aliphatic heterocycles. The molecule has 3 unspecified atom stereocenters. The van der Waals surface area contributed by atoms with Gasteiger partial charge in [-0.1, -0.05) is 6.92 Å². The van der Waals surface area contributed by atoms with Crippen molar-refractivity contribution in [2.75, 3.05) is 48.8 Å². The summed E-state index contributed by atoms with van der Waals surface area (Å²) in [6, 6.07) is 0. The van der Waals surface area contributed by atoms with E-state index in [1.807, 2.05) is 13.8 Å². The number of hydrogen-bond donors (Lipinski definition) is 1. The zero-order valence-corrected chi connectivity index (χ0v) is 24.9. The lowest BCUT2D eigenvalue weighted by Crippen LogP contribution is -2.70. The maximum atomic E-state index is 12.4. The summed E-state index contributed by atoms with van der Waals surface area (Å²) in [5.74, 6) is 2.10. The highest BCUT2D eigenvalue weighted by Crippen LogP contribution is 2.68. The van der Waals surface area contributed by atoms with Crippen LogP contribution in [0.1, 0.15) is 65.7 Å². The number of methoxy groups -OCH3 is 4. The fourth-order valence-electron chi connectivity index (χ4n) is 8.78. The highest BCUT2D eigenvalue weighted by Gasteiger charge is 2.72. The van der Waals surface area contributed by atoms with Gasteiger partial charge >= 0.3 is 0 Å². The standard InChI is InChI=1S/C30H50O9/c1-9-20-10-13-30(38-19-34-7)22-11-12-29(31)15-21(36-17-32-5)14-23(39-27(2,3)35-8)26(29)25(22)24(37-18-33-6)16-28(20,30)4/h1,20-26,31H,10-19H2,2-8H3/t20-,21-,22?,23+,24+,25?,26?,28+,29-,30-/m0/s1. The summed E-state index contributed by atoms with van der Waals surface area (Å²) in [6.07, 6.45) is 10.3. The Morgan fingerprint density at radius 1 is 0.923 bits per heavy atom. The van der Waals surface area contributed by atoms with Crippen molar-refractivity contribution in [3.8, 4) is 12.3 Å². The molecule has 4 aliphatic carbocycles. The molecule has 0 amide bonds. The van der Waals surface area contributed by atoms with Gasteiger partial charge in [0, 0.05) is 58.5 Å². The predicted octanol–water partition coefficient (Wildman–Crippen LogP) is 3.71. The van der Waals surface area contributed by atoms with E-state index in [1.54, 1.807) is 28.4 Å². The summed E-state index contributed by atoms with van der Waals surface area (Å²) in [6.45, 7) is 6.59. The van der Waals surface area contributed by atoms with Crippen molar-refractivity contribution in [2.24, 2.45) is 29.1 Å². The van der Waals surface area contributed by atoms with Crippen LogP contribution in [-0.4, -0.2) is 89.2 Å². The van der Waals surface area contributed by atoms with Crippen LogP contribution in [0.3, 0.4) is 0 Å². The minimum absolute atomic E-state index is 0.0543. The van der Waals surface area contributed by atoms with Gasteiger partial charge in [0.25, 0.3) is 0 Å². The van der Waals surface area contributed by atoms with Gasteiger partial charge in [0.05, 0.1) is 29.5 Å². The van der Waals surface area contributed by atoms with Gasteiger partial charge < -0.3 is 43.0 Å². The number of aliphatic hydroxyl groups is 1. The first-order valence-corrected chi connectivity index (χ1v) is 14.3. The Balaban J connectivity index is 1.80. The first kappa shape index (κ1) is 31.1. The van der Waals surface area contributed by atoms with Gasteiger partial charge in [-0.3, -0.25) is 0 Å². The van der Waals surface area contributed by atoms with Crippen molar-refractivity contribution in [3.63, 3.8) is 0 Å². The van der Waals surface area contributed by atoms with Crippen LogP contribution < -0.4 is 0 Å². The molecule has 0 aromatic rings. The fourth-order valence-corrected chi connectivity index (χ4v) is 8.78. The summed E-state index contributed by atoms with van der Waals surface area (Å²) in [5.41, 5.74) is -1.82. The maximum Gasteiger partial charge on any atom is 0.162 e. The monoisotopic (exact) mass is 554 g/mol. The van der Waals surface area contributed by atoms with E-state index in [9.17, 15) is 5.11 Å². The molecule has 1 N–H and O–H groups in total. The Bertz CT molecular complexity index is 860. The SMILES string of the molecule is C#C[C@H]1CC[C@]2(OCOC)C3CC[C@]4(O)C[C@@H](OCOC)C[C@@H](OC(C)(C)OC)C4C3[C@H](OCOC)C[C@]12C. The largest absolute Gasteiger partial charge is 0.389 e. The van der Waals surface area contributed by atoms with E-state index in [2.05, 4.69) is 12.8 Å². The lowest BCUT2D eigenvalue weighted by atomic mass is 9.45. The molecule has 0 radical (unpaired) electrons. The molecule has 0 heterocycles. The van der Waals surface area contributed by atoms with E-state index in [1.165, 1.54) is 0 Å². The number of rotatable bonds is 12. The highest BCUT2D eigenvalue weighted by atomic mass is 16.7. The molecule has 0 bridgehead atoms. The minimum atomic E-state index is -1.01. The van der Waals surface area contributed by atoms with Gasteiger partial charge in [0.15, 0.2) is 5.79 Å². The first-order valence-electron chi connectivity index (χ1n) is 14.3. The van der Waals surface area contributed by atoms with Gasteiger partial charge in [0.1, 0.15) is 20.4 Å². The molecule has 9 nitrogen and oxygen atoms in total. The molecular weight excluding hydrogens is 504 g/mol. The molecule has 4 rings (SSSR count). The third-order valence-electron chi connectivity index (χ3n) is 10.4. The Morgan fingerprint density at radius 3 is 2.26 bits per heavy atom. The first-order chi connectivity index (χ1) is 18.5. The third kappa shape index (κ3) is 5.54. The highest BCUT2D eigenvalue weighted by molar-refractivity contribution is 5.24. The van der Waals surface area contributed by atoms with Gasteiger partial charge in [-0.15, -0.1) is 12.3 Å². The summed E-state index contributed by atoms with van der Waals surface area (Å²) in [4.78, 5) is 0. The Kier molecular flexibility index (Phi) is 9.75. The molecule has 0 spiro atoms. The van der Waals surface area contributed by atoms with Crippen LogP contribution in [0.2, 0.25) is 0 Å². The van der Waals surface area contributed by atoms with Crippen molar-refractivity contribution >= 4 is 0 Å². The Morgan fingerprint density at radius 2 is 1.62 bits per heavy atom. The topological polar surface area (TPSA) is 94.1 Å². The number of ether oxygens (including phenoxy) is 8. The smallest absolute Gasteiger partial charge is 0.162 e. The second-order valence-electron chi connectivity index (χ2n) is 12.7. The van der Waals surface area contributed by atoms with Gasteiger partial charge in [-0.25, -0.2) is 0 Å². The molecule has 10 atom stereocenters. The second-order valence-corrected chi connectivity index (χ2v) is 12.7. The van der Waals surface area contributed by atoms with E-state index in [0.29, 0.717) is 25.7 Å². The van der Waals surface area contributed by atoms with Gasteiger partial charge in [-0.2, -0.15) is 0 Å². The van der Waals surface area contributed by atoms with Crippen molar-refractivity contribution in [2.45, 2.75) is 101 Å². The van der Waals surface area contributed by atoms with Gasteiger partial charge in [-0.05, 0) is 57.8 Å². The van der Waals surface area contributed by atoms with Crippen molar-refractivity contribution < 1.29 is 43.0 Å². The predicted molar refractivity (Wildman–Crippen MR) is 143 cm³/mol. The lowest BCUT2D eigenvalue weighted by Gasteiger charge is -2.65. The van der Waals surface area contributed by atoms with Crippen molar-refractivity contribution in [1.82, 2.24) is 0 Å². The number of fused-ring (bicyclic) bond motifs is 5. The number of terminal acetylenes is 1. The molecule has 39 heavy (non-hydrogen) atoms. The average molecular weight is 555 g/mol. The van der Waals surface area contributed by atoms with Crippen LogP contribution in [-0.2, 0) is 37.9 Å².